The van der Waals surface area contributed by atoms with E-state index in [1.165, 1.54) is 18.2 Å². The van der Waals surface area contributed by atoms with Crippen LogP contribution >= 0.6 is 11.6 Å². The molecule has 0 bridgehead atoms. The molecule has 0 spiro atoms. The first kappa shape index (κ1) is 22.3. The average Bonchev–Trinajstić information content (AvgIpc) is 3.22. The van der Waals surface area contributed by atoms with E-state index in [0.717, 1.165) is 33.3 Å². The molecule has 1 aromatic heterocycles. The van der Waals surface area contributed by atoms with Gasteiger partial charge >= 0.3 is 5.97 Å². The standard InChI is InChI=1S/C26H22ClFN2O4/c1-33-23-9-6-14(10-15(23)13-34-16-7-8-20(28)19(27)11-16)24-25-18(12-22(30-24)26(31)32)17-4-2-3-5-21(17)29-25/h2-11,22,24,29-30H,12-13H2,1H3,(H,31,32)/t22-,24+/m1/s1. The van der Waals surface area contributed by atoms with Gasteiger partial charge in [-0.1, -0.05) is 35.9 Å². The van der Waals surface area contributed by atoms with Gasteiger partial charge in [0.05, 0.1) is 18.2 Å². The number of rotatable bonds is 6. The topological polar surface area (TPSA) is 83.6 Å². The smallest absolute Gasteiger partial charge is 0.321 e. The Morgan fingerprint density at radius 2 is 2.00 bits per heavy atom. The molecular weight excluding hydrogens is 459 g/mol. The Bertz CT molecular complexity index is 1390. The largest absolute Gasteiger partial charge is 0.496 e. The van der Waals surface area contributed by atoms with E-state index in [0.29, 0.717) is 17.9 Å². The molecule has 0 saturated heterocycles. The van der Waals surface area contributed by atoms with Gasteiger partial charge in [-0.15, -0.1) is 0 Å². The third-order valence-corrected chi connectivity index (χ3v) is 6.42. The van der Waals surface area contributed by atoms with Gasteiger partial charge in [-0.25, -0.2) is 4.39 Å². The second-order valence-electron chi connectivity index (χ2n) is 8.19. The number of aliphatic carboxylic acids is 1. The number of halogens is 2. The maximum absolute atomic E-state index is 13.5. The molecule has 1 aliphatic rings. The van der Waals surface area contributed by atoms with Crippen LogP contribution in [0.5, 0.6) is 11.5 Å². The molecule has 0 aliphatic carbocycles. The zero-order valence-corrected chi connectivity index (χ0v) is 19.0. The Labute approximate surface area is 200 Å². The summed E-state index contributed by atoms with van der Waals surface area (Å²) < 4.78 is 24.8. The molecule has 2 heterocycles. The van der Waals surface area contributed by atoms with Gasteiger partial charge in [0.15, 0.2) is 0 Å². The molecule has 3 aromatic carbocycles. The number of hydrogen-bond acceptors (Lipinski definition) is 4. The number of para-hydroxylation sites is 1. The van der Waals surface area contributed by atoms with Crippen molar-refractivity contribution < 1.29 is 23.8 Å². The van der Waals surface area contributed by atoms with Crippen molar-refractivity contribution in [1.29, 1.82) is 0 Å². The third-order valence-electron chi connectivity index (χ3n) is 6.13. The predicted molar refractivity (Wildman–Crippen MR) is 127 cm³/mol. The fraction of sp³-hybridized carbons (Fsp3) is 0.192. The van der Waals surface area contributed by atoms with Crippen LogP contribution in [0, 0.1) is 5.82 Å². The van der Waals surface area contributed by atoms with Gasteiger partial charge < -0.3 is 19.6 Å². The summed E-state index contributed by atoms with van der Waals surface area (Å²) in [5.41, 5.74) is 4.55. The zero-order valence-electron chi connectivity index (χ0n) is 18.3. The van der Waals surface area contributed by atoms with Crippen molar-refractivity contribution in [2.24, 2.45) is 0 Å². The number of aromatic amines is 1. The monoisotopic (exact) mass is 480 g/mol. The number of methoxy groups -OCH3 is 1. The van der Waals surface area contributed by atoms with E-state index in [4.69, 9.17) is 21.1 Å². The summed E-state index contributed by atoms with van der Waals surface area (Å²) in [4.78, 5) is 15.4. The highest BCUT2D eigenvalue weighted by molar-refractivity contribution is 6.30. The van der Waals surface area contributed by atoms with E-state index in [-0.39, 0.29) is 17.7 Å². The lowest BCUT2D eigenvalue weighted by Gasteiger charge is -2.30. The molecule has 0 unspecified atom stereocenters. The fourth-order valence-corrected chi connectivity index (χ4v) is 4.65. The number of carbonyl (C=O) groups is 1. The molecule has 5 rings (SSSR count). The van der Waals surface area contributed by atoms with Crippen molar-refractivity contribution in [1.82, 2.24) is 10.3 Å². The Morgan fingerprint density at radius 1 is 1.18 bits per heavy atom. The first-order chi connectivity index (χ1) is 16.4. The molecule has 4 aromatic rings. The van der Waals surface area contributed by atoms with Crippen LogP contribution in [0.15, 0.2) is 60.7 Å². The lowest BCUT2D eigenvalue weighted by Crippen LogP contribution is -2.45. The zero-order chi connectivity index (χ0) is 23.8. The summed E-state index contributed by atoms with van der Waals surface area (Å²) in [7, 11) is 1.57. The van der Waals surface area contributed by atoms with Crippen LogP contribution in [0.2, 0.25) is 5.02 Å². The summed E-state index contributed by atoms with van der Waals surface area (Å²) >= 11 is 5.86. The molecule has 34 heavy (non-hydrogen) atoms. The SMILES string of the molecule is COc1ccc([C@@H]2N[C@@H](C(=O)O)Cc3c2[nH]c2ccccc32)cc1COc1ccc(F)c(Cl)c1. The van der Waals surface area contributed by atoms with Crippen LogP contribution in [0.1, 0.15) is 28.4 Å². The minimum absolute atomic E-state index is 0.0179. The number of aromatic nitrogens is 1. The molecular formula is C26H22ClFN2O4. The molecule has 3 N–H and O–H groups in total. The summed E-state index contributed by atoms with van der Waals surface area (Å²) in [6, 6.07) is 16.7. The Hall–Kier alpha value is -3.55. The second kappa shape index (κ2) is 9.00. The quantitative estimate of drug-likeness (QED) is 0.351. The molecule has 1 aliphatic heterocycles. The molecule has 2 atom stereocenters. The van der Waals surface area contributed by atoms with E-state index in [9.17, 15) is 14.3 Å². The van der Waals surface area contributed by atoms with Crippen molar-refractivity contribution in [3.05, 3.63) is 93.9 Å². The minimum atomic E-state index is -0.897. The van der Waals surface area contributed by atoms with Crippen molar-refractivity contribution >= 4 is 28.5 Å². The lowest BCUT2D eigenvalue weighted by atomic mass is 9.89. The summed E-state index contributed by atoms with van der Waals surface area (Å²) in [5.74, 6) is -0.358. The maximum atomic E-state index is 13.5. The number of carboxylic acid groups (broad SMARTS) is 1. The minimum Gasteiger partial charge on any atom is -0.496 e. The number of ether oxygens (including phenoxy) is 2. The van der Waals surface area contributed by atoms with Gasteiger partial charge in [0, 0.05) is 34.6 Å². The van der Waals surface area contributed by atoms with Gasteiger partial charge in [-0.05, 0) is 41.5 Å². The predicted octanol–water partition coefficient (Wildman–Crippen LogP) is 5.24. The van der Waals surface area contributed by atoms with E-state index in [2.05, 4.69) is 10.3 Å². The summed E-state index contributed by atoms with van der Waals surface area (Å²) in [6.07, 6.45) is 0.391. The van der Waals surface area contributed by atoms with Crippen molar-refractivity contribution in [2.45, 2.75) is 25.1 Å². The third kappa shape index (κ3) is 4.08. The molecule has 0 radical (unpaired) electrons. The number of carboxylic acids is 1. The van der Waals surface area contributed by atoms with E-state index in [1.54, 1.807) is 7.11 Å². The number of hydrogen-bond donors (Lipinski definition) is 3. The summed E-state index contributed by atoms with van der Waals surface area (Å²) in [6.45, 7) is 0.160. The van der Waals surface area contributed by atoms with Crippen LogP contribution in [-0.2, 0) is 17.8 Å². The highest BCUT2D eigenvalue weighted by atomic mass is 35.5. The van der Waals surface area contributed by atoms with Crippen molar-refractivity contribution in [2.75, 3.05) is 7.11 Å². The van der Waals surface area contributed by atoms with Crippen molar-refractivity contribution in [3.8, 4) is 11.5 Å². The Balaban J connectivity index is 1.51. The van der Waals surface area contributed by atoms with Gasteiger partial charge in [-0.2, -0.15) is 0 Å². The van der Waals surface area contributed by atoms with Crippen LogP contribution in [0.4, 0.5) is 4.39 Å². The van der Waals surface area contributed by atoms with Crippen LogP contribution in [0.25, 0.3) is 10.9 Å². The first-order valence-corrected chi connectivity index (χ1v) is 11.2. The van der Waals surface area contributed by atoms with Gasteiger partial charge in [0.25, 0.3) is 0 Å². The number of fused-ring (bicyclic) bond motifs is 3. The normalized spacial score (nSPS) is 17.4. The summed E-state index contributed by atoms with van der Waals surface area (Å²) in [5, 5.41) is 14.1. The molecule has 174 valence electrons. The maximum Gasteiger partial charge on any atom is 0.321 e. The van der Waals surface area contributed by atoms with Crippen LogP contribution < -0.4 is 14.8 Å². The molecule has 6 nitrogen and oxygen atoms in total. The van der Waals surface area contributed by atoms with Gasteiger partial charge in [-0.3, -0.25) is 10.1 Å². The highest BCUT2D eigenvalue weighted by Gasteiger charge is 2.34. The second-order valence-corrected chi connectivity index (χ2v) is 8.60. The van der Waals surface area contributed by atoms with E-state index >= 15 is 0 Å². The lowest BCUT2D eigenvalue weighted by molar-refractivity contribution is -0.139. The number of nitrogens with one attached hydrogen (secondary N) is 2. The van der Waals surface area contributed by atoms with Gasteiger partial charge in [0.1, 0.15) is 30.0 Å². The molecule has 0 fully saturated rings. The first-order valence-electron chi connectivity index (χ1n) is 10.8. The molecule has 8 heteroatoms. The Morgan fingerprint density at radius 3 is 2.76 bits per heavy atom. The van der Waals surface area contributed by atoms with E-state index < -0.39 is 17.8 Å². The van der Waals surface area contributed by atoms with Crippen LogP contribution in [0.3, 0.4) is 0 Å². The highest BCUT2D eigenvalue weighted by Crippen LogP contribution is 2.36. The number of benzene rings is 3. The fourth-order valence-electron chi connectivity index (χ4n) is 4.47. The molecule has 0 saturated carbocycles. The van der Waals surface area contributed by atoms with Gasteiger partial charge in [0.2, 0.25) is 0 Å². The van der Waals surface area contributed by atoms with Crippen LogP contribution in [-0.4, -0.2) is 29.2 Å². The van der Waals surface area contributed by atoms with E-state index in [1.807, 2.05) is 42.5 Å². The number of H-pyrrole nitrogens is 1. The molecule has 0 amide bonds. The van der Waals surface area contributed by atoms with Crippen molar-refractivity contribution in [3.63, 3.8) is 0 Å². The average molecular weight is 481 g/mol. The Kier molecular flexibility index (Phi) is 5.89.